The number of aliphatic hydroxyl groups is 1. The summed E-state index contributed by atoms with van der Waals surface area (Å²) in [6.45, 7) is 5.38. The zero-order chi connectivity index (χ0) is 8.43. The van der Waals surface area contributed by atoms with Crippen LogP contribution in [0.5, 0.6) is 0 Å². The monoisotopic (exact) mass is 161 g/mol. The van der Waals surface area contributed by atoms with Gasteiger partial charge in [0.1, 0.15) is 6.17 Å². The molecule has 66 valence electrons. The van der Waals surface area contributed by atoms with E-state index >= 15 is 0 Å². The number of hydrogen-bond donors (Lipinski definition) is 1. The van der Waals surface area contributed by atoms with Gasteiger partial charge in [-0.2, -0.15) is 0 Å². The summed E-state index contributed by atoms with van der Waals surface area (Å²) in [7, 11) is 0. The van der Waals surface area contributed by atoms with Crippen LogP contribution in [0.2, 0.25) is 0 Å². The average molecular weight is 161 g/mol. The Bertz CT molecular complexity index is 129. The molecule has 0 unspecified atom stereocenters. The van der Waals surface area contributed by atoms with E-state index in [1.54, 1.807) is 0 Å². The Hall–Kier alpha value is -0.150. The lowest BCUT2D eigenvalue weighted by Gasteiger charge is -2.34. The largest absolute Gasteiger partial charge is 0.389 e. The summed E-state index contributed by atoms with van der Waals surface area (Å²) in [5.74, 6) is 0. The van der Waals surface area contributed by atoms with Crippen LogP contribution in [0.4, 0.5) is 4.39 Å². The lowest BCUT2D eigenvalue weighted by atomic mass is 10.1. The van der Waals surface area contributed by atoms with Crippen molar-refractivity contribution in [3.8, 4) is 0 Å². The van der Waals surface area contributed by atoms with E-state index in [1.807, 2.05) is 0 Å². The highest BCUT2D eigenvalue weighted by molar-refractivity contribution is 4.80. The zero-order valence-corrected chi connectivity index (χ0v) is 7.13. The van der Waals surface area contributed by atoms with Crippen molar-refractivity contribution in [3.05, 3.63) is 0 Å². The van der Waals surface area contributed by atoms with Crippen molar-refractivity contribution in [3.63, 3.8) is 0 Å². The van der Waals surface area contributed by atoms with Gasteiger partial charge < -0.3 is 5.11 Å². The standard InChI is InChI=1S/C8H16FNO/c1-6(2)10-4-3-7(9)8(11)5-10/h6-8,11H,3-5H2,1-2H3/t7-,8-/m1/s1. The summed E-state index contributed by atoms with van der Waals surface area (Å²) in [5.41, 5.74) is 0. The molecule has 1 saturated heterocycles. The van der Waals surface area contributed by atoms with Crippen molar-refractivity contribution >= 4 is 0 Å². The topological polar surface area (TPSA) is 23.5 Å². The molecule has 0 spiro atoms. The van der Waals surface area contributed by atoms with E-state index in [0.29, 0.717) is 19.0 Å². The molecule has 0 bridgehead atoms. The SMILES string of the molecule is CC(C)N1CC[C@@H](F)[C@H](O)C1. The second kappa shape index (κ2) is 3.50. The van der Waals surface area contributed by atoms with Gasteiger partial charge in [0.25, 0.3) is 0 Å². The molecule has 2 atom stereocenters. The first-order valence-electron chi connectivity index (χ1n) is 4.17. The minimum Gasteiger partial charge on any atom is -0.389 e. The van der Waals surface area contributed by atoms with E-state index in [4.69, 9.17) is 0 Å². The molecule has 0 radical (unpaired) electrons. The molecule has 1 N–H and O–H groups in total. The lowest BCUT2D eigenvalue weighted by molar-refractivity contribution is -0.00660. The van der Waals surface area contributed by atoms with Crippen molar-refractivity contribution < 1.29 is 9.50 Å². The quantitative estimate of drug-likeness (QED) is 0.615. The van der Waals surface area contributed by atoms with Crippen LogP contribution >= 0.6 is 0 Å². The van der Waals surface area contributed by atoms with Crippen LogP contribution in [0, 0.1) is 0 Å². The second-order valence-corrected chi connectivity index (χ2v) is 3.46. The number of nitrogens with zero attached hydrogens (tertiary/aromatic N) is 1. The van der Waals surface area contributed by atoms with E-state index in [1.165, 1.54) is 0 Å². The minimum atomic E-state index is -1.01. The van der Waals surface area contributed by atoms with E-state index in [9.17, 15) is 9.50 Å². The molecule has 1 aliphatic rings. The third-order valence-electron chi connectivity index (χ3n) is 2.26. The molecule has 0 amide bonds. The predicted molar refractivity (Wildman–Crippen MR) is 42.2 cm³/mol. The Kier molecular flexibility index (Phi) is 2.84. The number of piperidine rings is 1. The molecule has 0 aromatic carbocycles. The molecular weight excluding hydrogens is 145 g/mol. The third kappa shape index (κ3) is 2.14. The maximum Gasteiger partial charge on any atom is 0.128 e. The smallest absolute Gasteiger partial charge is 0.128 e. The van der Waals surface area contributed by atoms with Gasteiger partial charge >= 0.3 is 0 Å². The van der Waals surface area contributed by atoms with Gasteiger partial charge in [-0.3, -0.25) is 4.90 Å². The molecule has 1 aliphatic heterocycles. The molecule has 0 aromatic rings. The van der Waals surface area contributed by atoms with Crippen molar-refractivity contribution in [2.45, 2.75) is 38.6 Å². The highest BCUT2D eigenvalue weighted by atomic mass is 19.1. The van der Waals surface area contributed by atoms with Crippen molar-refractivity contribution in [2.24, 2.45) is 0 Å². The first kappa shape index (κ1) is 8.94. The molecule has 1 heterocycles. The number of alkyl halides is 1. The molecule has 2 nitrogen and oxygen atoms in total. The molecule has 11 heavy (non-hydrogen) atoms. The summed E-state index contributed by atoms with van der Waals surface area (Å²) in [6, 6.07) is 0.414. The van der Waals surface area contributed by atoms with Crippen LogP contribution in [-0.2, 0) is 0 Å². The van der Waals surface area contributed by atoms with Gasteiger partial charge in [-0.05, 0) is 20.3 Å². The number of β-amino-alcohol motifs (C(OH)–C–C–N with tert-alkyl or cyclic N) is 1. The molecule has 1 rings (SSSR count). The summed E-state index contributed by atoms with van der Waals surface area (Å²) in [4.78, 5) is 2.10. The summed E-state index contributed by atoms with van der Waals surface area (Å²) >= 11 is 0. The summed E-state index contributed by atoms with van der Waals surface area (Å²) < 4.78 is 12.7. The zero-order valence-electron chi connectivity index (χ0n) is 7.13. The van der Waals surface area contributed by atoms with Gasteiger partial charge in [0.2, 0.25) is 0 Å². The molecular formula is C8H16FNO. The Morgan fingerprint density at radius 3 is 2.64 bits per heavy atom. The molecule has 3 heteroatoms. The fourth-order valence-corrected chi connectivity index (χ4v) is 1.40. The van der Waals surface area contributed by atoms with Gasteiger partial charge in [0.15, 0.2) is 0 Å². The van der Waals surface area contributed by atoms with Crippen LogP contribution in [0.1, 0.15) is 20.3 Å². The Labute approximate surface area is 67.0 Å². The lowest BCUT2D eigenvalue weighted by Crippen LogP contribution is -2.47. The maximum absolute atomic E-state index is 12.7. The fraction of sp³-hybridized carbons (Fsp3) is 1.00. The van der Waals surface area contributed by atoms with Gasteiger partial charge in [-0.25, -0.2) is 4.39 Å². The Morgan fingerprint density at radius 2 is 2.18 bits per heavy atom. The Balaban J connectivity index is 2.40. The van der Waals surface area contributed by atoms with Gasteiger partial charge in [-0.1, -0.05) is 0 Å². The summed E-state index contributed by atoms with van der Waals surface area (Å²) in [5, 5.41) is 9.18. The minimum absolute atomic E-state index is 0.414. The van der Waals surface area contributed by atoms with Crippen LogP contribution in [-0.4, -0.2) is 41.4 Å². The van der Waals surface area contributed by atoms with Crippen LogP contribution < -0.4 is 0 Å². The second-order valence-electron chi connectivity index (χ2n) is 3.46. The number of hydrogen-bond acceptors (Lipinski definition) is 2. The van der Waals surface area contributed by atoms with Crippen molar-refractivity contribution in [1.29, 1.82) is 0 Å². The highest BCUT2D eigenvalue weighted by Gasteiger charge is 2.28. The van der Waals surface area contributed by atoms with Crippen LogP contribution in [0.25, 0.3) is 0 Å². The van der Waals surface area contributed by atoms with Gasteiger partial charge in [0.05, 0.1) is 6.10 Å². The molecule has 0 saturated carbocycles. The predicted octanol–water partition coefficient (Wildman–Crippen LogP) is 0.799. The Morgan fingerprint density at radius 1 is 1.55 bits per heavy atom. The first-order valence-corrected chi connectivity index (χ1v) is 4.17. The average Bonchev–Trinajstić information content (AvgIpc) is 1.94. The van der Waals surface area contributed by atoms with E-state index in [0.717, 1.165) is 6.54 Å². The van der Waals surface area contributed by atoms with Crippen molar-refractivity contribution in [2.75, 3.05) is 13.1 Å². The van der Waals surface area contributed by atoms with Crippen molar-refractivity contribution in [1.82, 2.24) is 4.90 Å². The number of likely N-dealkylation sites (tertiary alicyclic amines) is 1. The van der Waals surface area contributed by atoms with Gasteiger partial charge in [-0.15, -0.1) is 0 Å². The fourth-order valence-electron chi connectivity index (χ4n) is 1.40. The van der Waals surface area contributed by atoms with Gasteiger partial charge in [0, 0.05) is 19.1 Å². The van der Waals surface area contributed by atoms with E-state index < -0.39 is 12.3 Å². The number of halogens is 1. The first-order chi connectivity index (χ1) is 5.11. The molecule has 0 aliphatic carbocycles. The van der Waals surface area contributed by atoms with E-state index in [2.05, 4.69) is 18.7 Å². The maximum atomic E-state index is 12.7. The number of aliphatic hydroxyl groups excluding tert-OH is 1. The normalized spacial score (nSPS) is 34.6. The number of rotatable bonds is 1. The molecule has 0 aromatic heterocycles. The van der Waals surface area contributed by atoms with E-state index in [-0.39, 0.29) is 0 Å². The highest BCUT2D eigenvalue weighted by Crippen LogP contribution is 2.15. The summed E-state index contributed by atoms with van der Waals surface area (Å²) in [6.07, 6.45) is -1.31. The third-order valence-corrected chi connectivity index (χ3v) is 2.26. The van der Waals surface area contributed by atoms with Crippen LogP contribution in [0.15, 0.2) is 0 Å². The van der Waals surface area contributed by atoms with Crippen LogP contribution in [0.3, 0.4) is 0 Å². The molecule has 1 fully saturated rings.